The number of ether oxygens (including phenoxy) is 5. The highest BCUT2D eigenvalue weighted by molar-refractivity contribution is 5.98. The Morgan fingerprint density at radius 1 is 0.969 bits per heavy atom. The summed E-state index contributed by atoms with van der Waals surface area (Å²) in [6.07, 6.45) is 0. The molecule has 0 aliphatic carbocycles. The van der Waals surface area contributed by atoms with Crippen LogP contribution in [0, 0.1) is 6.92 Å². The molecule has 0 bridgehead atoms. The summed E-state index contributed by atoms with van der Waals surface area (Å²) >= 11 is 0. The molecule has 3 rings (SSSR count). The molecule has 0 fully saturated rings. The Bertz CT molecular complexity index is 946. The zero-order valence-corrected chi connectivity index (χ0v) is 18.9. The Labute approximate surface area is 188 Å². The molecule has 172 valence electrons. The lowest BCUT2D eigenvalue weighted by molar-refractivity contribution is -0.121. The lowest BCUT2D eigenvalue weighted by Crippen LogP contribution is -2.40. The van der Waals surface area contributed by atoms with Crippen LogP contribution in [0.2, 0.25) is 0 Å². The SMILES string of the molecule is CCOc1cc(C(=O)OCC(=O)N2CCOc3ccc(C)cc32)cc(OCC)c1OCC. The molecule has 1 heterocycles. The van der Waals surface area contributed by atoms with Crippen molar-refractivity contribution < 1.29 is 33.3 Å². The number of benzene rings is 2. The van der Waals surface area contributed by atoms with E-state index >= 15 is 0 Å². The van der Waals surface area contributed by atoms with Crippen LogP contribution in [0.5, 0.6) is 23.0 Å². The Hall–Kier alpha value is -3.42. The molecule has 8 nitrogen and oxygen atoms in total. The second-order valence-electron chi connectivity index (χ2n) is 7.04. The highest BCUT2D eigenvalue weighted by Gasteiger charge is 2.25. The average Bonchev–Trinajstić information content (AvgIpc) is 2.79. The molecule has 1 aliphatic heterocycles. The van der Waals surface area contributed by atoms with Gasteiger partial charge in [0.1, 0.15) is 12.4 Å². The lowest BCUT2D eigenvalue weighted by atomic mass is 10.1. The van der Waals surface area contributed by atoms with Crippen molar-refractivity contribution in [3.63, 3.8) is 0 Å². The second-order valence-corrected chi connectivity index (χ2v) is 7.04. The standard InChI is InChI=1S/C24H29NO7/c1-5-28-20-13-17(14-21(29-6-2)23(20)30-7-3)24(27)32-15-22(26)25-10-11-31-19-9-8-16(4)12-18(19)25/h8-9,12-14H,5-7,10-11,15H2,1-4H3. The van der Waals surface area contributed by atoms with E-state index in [1.54, 1.807) is 4.90 Å². The highest BCUT2D eigenvalue weighted by Crippen LogP contribution is 2.39. The smallest absolute Gasteiger partial charge is 0.338 e. The van der Waals surface area contributed by atoms with Crippen molar-refractivity contribution in [2.24, 2.45) is 0 Å². The van der Waals surface area contributed by atoms with E-state index in [0.717, 1.165) is 5.56 Å². The van der Waals surface area contributed by atoms with E-state index in [-0.39, 0.29) is 11.5 Å². The summed E-state index contributed by atoms with van der Waals surface area (Å²) in [5.74, 6) is 0.864. The van der Waals surface area contributed by atoms with Crippen LogP contribution >= 0.6 is 0 Å². The minimum absolute atomic E-state index is 0.214. The third kappa shape index (κ3) is 5.25. The molecule has 2 aromatic rings. The van der Waals surface area contributed by atoms with E-state index in [2.05, 4.69) is 0 Å². The number of hydrogen-bond donors (Lipinski definition) is 0. The molecule has 2 aromatic carbocycles. The maximum absolute atomic E-state index is 12.8. The molecule has 0 spiro atoms. The van der Waals surface area contributed by atoms with Gasteiger partial charge >= 0.3 is 5.97 Å². The molecule has 0 radical (unpaired) electrons. The first-order valence-electron chi connectivity index (χ1n) is 10.8. The highest BCUT2D eigenvalue weighted by atomic mass is 16.5. The summed E-state index contributed by atoms with van der Waals surface area (Å²) in [4.78, 5) is 27.1. The first kappa shape index (κ1) is 23.2. The topological polar surface area (TPSA) is 83.5 Å². The molecule has 1 amide bonds. The summed E-state index contributed by atoms with van der Waals surface area (Å²) < 4.78 is 27.9. The average molecular weight is 443 g/mol. The van der Waals surface area contributed by atoms with Crippen molar-refractivity contribution in [1.82, 2.24) is 0 Å². The van der Waals surface area contributed by atoms with Crippen molar-refractivity contribution in [2.45, 2.75) is 27.7 Å². The van der Waals surface area contributed by atoms with E-state index in [9.17, 15) is 9.59 Å². The van der Waals surface area contributed by atoms with Crippen LogP contribution < -0.4 is 23.8 Å². The van der Waals surface area contributed by atoms with E-state index in [1.165, 1.54) is 12.1 Å². The number of hydrogen-bond acceptors (Lipinski definition) is 7. The number of amides is 1. The van der Waals surface area contributed by atoms with Gasteiger partial charge in [0.2, 0.25) is 5.75 Å². The van der Waals surface area contributed by atoms with Crippen molar-refractivity contribution in [1.29, 1.82) is 0 Å². The number of aryl methyl sites for hydroxylation is 1. The summed E-state index contributed by atoms with van der Waals surface area (Å²) in [6, 6.07) is 8.71. The number of rotatable bonds is 9. The molecule has 32 heavy (non-hydrogen) atoms. The quantitative estimate of drug-likeness (QED) is 0.546. The van der Waals surface area contributed by atoms with Crippen LogP contribution in [0.3, 0.4) is 0 Å². The number of fused-ring (bicyclic) bond motifs is 1. The lowest BCUT2D eigenvalue weighted by Gasteiger charge is -2.29. The van der Waals surface area contributed by atoms with E-state index in [4.69, 9.17) is 23.7 Å². The summed E-state index contributed by atoms with van der Waals surface area (Å²) in [5.41, 5.74) is 1.90. The van der Waals surface area contributed by atoms with Crippen molar-refractivity contribution in [3.05, 3.63) is 41.5 Å². The van der Waals surface area contributed by atoms with Gasteiger partial charge < -0.3 is 28.6 Å². The van der Waals surface area contributed by atoms with Gasteiger partial charge in [0, 0.05) is 0 Å². The molecule has 8 heteroatoms. The minimum Gasteiger partial charge on any atom is -0.490 e. The normalized spacial score (nSPS) is 12.4. The maximum Gasteiger partial charge on any atom is 0.338 e. The summed E-state index contributed by atoms with van der Waals surface area (Å²) in [5, 5.41) is 0. The molecular weight excluding hydrogens is 414 g/mol. The number of carbonyl (C=O) groups excluding carboxylic acids is 2. The third-order valence-corrected chi connectivity index (χ3v) is 4.75. The number of anilines is 1. The van der Waals surface area contributed by atoms with Crippen LogP contribution in [-0.4, -0.2) is 51.5 Å². The minimum atomic E-state index is -0.652. The predicted molar refractivity (Wildman–Crippen MR) is 119 cm³/mol. The van der Waals surface area contributed by atoms with Gasteiger partial charge in [0.15, 0.2) is 18.1 Å². The fraction of sp³-hybridized carbons (Fsp3) is 0.417. The van der Waals surface area contributed by atoms with Gasteiger partial charge in [-0.1, -0.05) is 6.07 Å². The third-order valence-electron chi connectivity index (χ3n) is 4.75. The monoisotopic (exact) mass is 443 g/mol. The number of nitrogens with zero attached hydrogens (tertiary/aromatic N) is 1. The van der Waals surface area contributed by atoms with Gasteiger partial charge in [-0.3, -0.25) is 4.79 Å². The number of esters is 1. The van der Waals surface area contributed by atoms with E-state index in [1.807, 2.05) is 45.9 Å². The molecule has 1 aliphatic rings. The van der Waals surface area contributed by atoms with E-state index in [0.29, 0.717) is 61.7 Å². The van der Waals surface area contributed by atoms with Gasteiger partial charge in [0.25, 0.3) is 5.91 Å². The van der Waals surface area contributed by atoms with E-state index < -0.39 is 12.6 Å². The number of carbonyl (C=O) groups is 2. The summed E-state index contributed by atoms with van der Waals surface area (Å²) in [6.45, 7) is 9.02. The largest absolute Gasteiger partial charge is 0.490 e. The maximum atomic E-state index is 12.8. The van der Waals surface area contributed by atoms with Gasteiger partial charge in [0.05, 0.1) is 37.6 Å². The molecular formula is C24H29NO7. The van der Waals surface area contributed by atoms with Gasteiger partial charge in [-0.25, -0.2) is 4.79 Å². The van der Waals surface area contributed by atoms with Crippen LogP contribution in [0.15, 0.2) is 30.3 Å². The fourth-order valence-corrected chi connectivity index (χ4v) is 3.38. The van der Waals surface area contributed by atoms with Crippen LogP contribution in [0.1, 0.15) is 36.7 Å². The zero-order chi connectivity index (χ0) is 23.1. The van der Waals surface area contributed by atoms with Gasteiger partial charge in [-0.2, -0.15) is 0 Å². The van der Waals surface area contributed by atoms with Crippen LogP contribution in [0.4, 0.5) is 5.69 Å². The van der Waals surface area contributed by atoms with Crippen molar-refractivity contribution >= 4 is 17.6 Å². The molecule has 0 atom stereocenters. The fourth-order valence-electron chi connectivity index (χ4n) is 3.38. The van der Waals surface area contributed by atoms with Crippen LogP contribution in [-0.2, 0) is 9.53 Å². The Balaban J connectivity index is 1.76. The molecule has 0 saturated heterocycles. The second kappa shape index (κ2) is 10.7. The molecule has 0 aromatic heterocycles. The van der Waals surface area contributed by atoms with Gasteiger partial charge in [-0.05, 0) is 57.5 Å². The predicted octanol–water partition coefficient (Wildman–Crippen LogP) is 3.77. The first-order chi connectivity index (χ1) is 15.5. The van der Waals surface area contributed by atoms with Crippen LogP contribution in [0.25, 0.3) is 0 Å². The zero-order valence-electron chi connectivity index (χ0n) is 18.9. The van der Waals surface area contributed by atoms with Gasteiger partial charge in [-0.15, -0.1) is 0 Å². The summed E-state index contributed by atoms with van der Waals surface area (Å²) in [7, 11) is 0. The van der Waals surface area contributed by atoms with Crippen molar-refractivity contribution in [3.8, 4) is 23.0 Å². The van der Waals surface area contributed by atoms with Crippen molar-refractivity contribution in [2.75, 3.05) is 44.5 Å². The Kier molecular flexibility index (Phi) is 7.81. The Morgan fingerprint density at radius 3 is 2.25 bits per heavy atom. The molecule has 0 N–H and O–H groups in total. The first-order valence-corrected chi connectivity index (χ1v) is 10.8. The molecule has 0 unspecified atom stereocenters. The Morgan fingerprint density at radius 2 is 1.62 bits per heavy atom. The molecule has 0 saturated carbocycles.